The first-order valence-electron chi connectivity index (χ1n) is 13.2. The number of fused-ring (bicyclic) bond motifs is 3. The van der Waals surface area contributed by atoms with Crippen LogP contribution in [0.1, 0.15) is 73.6 Å². The second-order valence-electron chi connectivity index (χ2n) is 11.8. The van der Waals surface area contributed by atoms with Gasteiger partial charge in [0.1, 0.15) is 30.0 Å². The van der Waals surface area contributed by atoms with Gasteiger partial charge in [0.2, 0.25) is 0 Å². The van der Waals surface area contributed by atoms with Gasteiger partial charge in [-0.2, -0.15) is 0 Å². The van der Waals surface area contributed by atoms with E-state index in [1.807, 2.05) is 34.6 Å². The molecule has 2 bridgehead atoms. The average Bonchev–Trinajstić information content (AvgIpc) is 3.21. The normalized spacial score (nSPS) is 42.2. The second-order valence-corrected chi connectivity index (χ2v) is 11.8. The Hall–Kier alpha value is -2.03. The largest absolute Gasteiger partial charge is 0.461 e. The summed E-state index contributed by atoms with van der Waals surface area (Å²) in [6.45, 7) is 10.8. The number of rotatable bonds is 7. The Kier molecular flexibility index (Phi) is 6.59. The van der Waals surface area contributed by atoms with E-state index < -0.39 is 52.0 Å². The lowest BCUT2D eigenvalue weighted by atomic mass is 9.59. The number of esters is 2. The van der Waals surface area contributed by atoms with Crippen LogP contribution in [0.5, 0.6) is 0 Å². The van der Waals surface area contributed by atoms with Crippen LogP contribution < -0.4 is 0 Å². The van der Waals surface area contributed by atoms with Crippen LogP contribution in [-0.4, -0.2) is 63.1 Å². The molecule has 200 valence electrons. The van der Waals surface area contributed by atoms with Gasteiger partial charge in [-0.25, -0.2) is 0 Å². The van der Waals surface area contributed by atoms with Gasteiger partial charge in [-0.3, -0.25) is 14.4 Å². The molecule has 8 nitrogen and oxygen atoms in total. The molecular formula is C28H40O8. The van der Waals surface area contributed by atoms with Gasteiger partial charge in [0, 0.05) is 30.1 Å². The Morgan fingerprint density at radius 3 is 2.31 bits per heavy atom. The molecule has 2 unspecified atom stereocenters. The zero-order valence-electron chi connectivity index (χ0n) is 22.2. The number of carbonyl (C=O) groups is 3. The number of aliphatic hydroxyl groups is 3. The molecule has 3 N–H and O–H groups in total. The molecule has 2 saturated carbocycles. The van der Waals surface area contributed by atoms with Crippen LogP contribution in [0.25, 0.3) is 0 Å². The van der Waals surface area contributed by atoms with Crippen molar-refractivity contribution in [3.05, 3.63) is 23.3 Å². The van der Waals surface area contributed by atoms with Gasteiger partial charge in [0.25, 0.3) is 0 Å². The molecule has 36 heavy (non-hydrogen) atoms. The molecule has 0 aromatic heterocycles. The predicted octanol–water partition coefficient (Wildman–Crippen LogP) is 2.63. The van der Waals surface area contributed by atoms with E-state index in [2.05, 4.69) is 0 Å². The third-order valence-corrected chi connectivity index (χ3v) is 9.48. The molecule has 0 aromatic carbocycles. The minimum atomic E-state index is -2.25. The zero-order chi connectivity index (χ0) is 26.8. The average molecular weight is 505 g/mol. The van der Waals surface area contributed by atoms with Crippen molar-refractivity contribution in [2.45, 2.75) is 97.1 Å². The highest BCUT2D eigenvalue weighted by Gasteiger charge is 2.83. The van der Waals surface area contributed by atoms with Gasteiger partial charge in [-0.05, 0) is 43.3 Å². The molecule has 0 aliphatic heterocycles. The Balaban J connectivity index is 1.87. The topological polar surface area (TPSA) is 130 Å². The maximum atomic E-state index is 14.4. The monoisotopic (exact) mass is 504 g/mol. The first-order valence-corrected chi connectivity index (χ1v) is 13.2. The first-order chi connectivity index (χ1) is 16.8. The highest BCUT2D eigenvalue weighted by molar-refractivity contribution is 5.96. The summed E-state index contributed by atoms with van der Waals surface area (Å²) in [7, 11) is 0. The van der Waals surface area contributed by atoms with E-state index in [0.29, 0.717) is 24.8 Å². The molecule has 8 atom stereocenters. The Morgan fingerprint density at radius 1 is 1.08 bits per heavy atom. The van der Waals surface area contributed by atoms with Gasteiger partial charge in [-0.1, -0.05) is 46.8 Å². The molecule has 1 spiro atoms. The summed E-state index contributed by atoms with van der Waals surface area (Å²) < 4.78 is 11.5. The lowest BCUT2D eigenvalue weighted by molar-refractivity contribution is -0.192. The number of carbonyl (C=O) groups excluding carboxylic acids is 3. The second kappa shape index (κ2) is 8.77. The summed E-state index contributed by atoms with van der Waals surface area (Å²) in [6.07, 6.45) is 2.08. The molecule has 0 heterocycles. The summed E-state index contributed by atoms with van der Waals surface area (Å²) in [4.78, 5) is 39.3. The predicted molar refractivity (Wildman–Crippen MR) is 130 cm³/mol. The molecule has 0 saturated heterocycles. The van der Waals surface area contributed by atoms with E-state index in [0.717, 1.165) is 0 Å². The van der Waals surface area contributed by atoms with Crippen LogP contribution >= 0.6 is 0 Å². The van der Waals surface area contributed by atoms with E-state index in [1.54, 1.807) is 19.1 Å². The summed E-state index contributed by atoms with van der Waals surface area (Å²) in [5, 5.41) is 34.8. The number of Topliss-reactive ketones (excluding diaryl/α,β-unsaturated/α-hetero) is 1. The summed E-state index contributed by atoms with van der Waals surface area (Å²) in [5.74, 6) is -2.85. The molecular weight excluding hydrogens is 464 g/mol. The summed E-state index contributed by atoms with van der Waals surface area (Å²) >= 11 is 0. The molecule has 2 fully saturated rings. The van der Waals surface area contributed by atoms with Crippen LogP contribution in [0.15, 0.2) is 23.3 Å². The van der Waals surface area contributed by atoms with Crippen molar-refractivity contribution in [2.75, 3.05) is 6.61 Å². The number of ketones is 1. The summed E-state index contributed by atoms with van der Waals surface area (Å²) in [6, 6.07) is 0. The molecule has 8 heteroatoms. The fourth-order valence-corrected chi connectivity index (χ4v) is 7.62. The highest BCUT2D eigenvalue weighted by atomic mass is 16.6. The molecule has 4 aliphatic rings. The van der Waals surface area contributed by atoms with E-state index >= 15 is 0 Å². The van der Waals surface area contributed by atoms with Gasteiger partial charge >= 0.3 is 11.9 Å². The molecule has 0 radical (unpaired) electrons. The summed E-state index contributed by atoms with van der Waals surface area (Å²) in [5.41, 5.74) is -4.74. The van der Waals surface area contributed by atoms with E-state index in [1.165, 1.54) is 0 Å². The minimum absolute atomic E-state index is 0.176. The SMILES string of the molecule is CCCC(=O)OCC1=C[C@@H]2C(=O)C3(C=C(C)[C@H](O)[C@@]3(O)[C@@H]1O)C(C)C[C@]1(OC(=O)CCC)[C@H]2C1(C)C. The van der Waals surface area contributed by atoms with Crippen molar-refractivity contribution in [3.8, 4) is 0 Å². The third-order valence-electron chi connectivity index (χ3n) is 9.48. The Bertz CT molecular complexity index is 1030. The van der Waals surface area contributed by atoms with Crippen molar-refractivity contribution in [1.29, 1.82) is 0 Å². The van der Waals surface area contributed by atoms with E-state index in [-0.39, 0.29) is 42.7 Å². The van der Waals surface area contributed by atoms with Crippen molar-refractivity contribution in [2.24, 2.45) is 28.6 Å². The van der Waals surface area contributed by atoms with Crippen molar-refractivity contribution >= 4 is 17.7 Å². The fourth-order valence-electron chi connectivity index (χ4n) is 7.62. The smallest absolute Gasteiger partial charge is 0.306 e. The van der Waals surface area contributed by atoms with Crippen LogP contribution in [0.3, 0.4) is 0 Å². The maximum Gasteiger partial charge on any atom is 0.306 e. The quantitative estimate of drug-likeness (QED) is 0.356. The highest BCUT2D eigenvalue weighted by Crippen LogP contribution is 2.75. The molecule has 4 aliphatic carbocycles. The minimum Gasteiger partial charge on any atom is -0.461 e. The van der Waals surface area contributed by atoms with E-state index in [9.17, 15) is 29.7 Å². The van der Waals surface area contributed by atoms with Crippen molar-refractivity contribution in [1.82, 2.24) is 0 Å². The number of allylic oxidation sites excluding steroid dienone is 1. The molecule has 0 amide bonds. The lowest BCUT2D eigenvalue weighted by Crippen LogP contribution is -2.65. The zero-order valence-corrected chi connectivity index (χ0v) is 22.2. The maximum absolute atomic E-state index is 14.4. The van der Waals surface area contributed by atoms with Gasteiger partial charge < -0.3 is 24.8 Å². The third kappa shape index (κ3) is 3.33. The standard InChI is InChI=1S/C28H40O8/c1-7-9-19(29)35-14-17-11-18-21-25(5,6)27(21,36-20(30)10-8-2)13-16(4)26(24(18)33)12-15(3)22(31)28(26,34)23(17)32/h11-12,16,18,21-23,31-32,34H,7-10,13-14H2,1-6H3/t16?,18-,21+,22-,23+,26?,27-,28+/m0/s1. The van der Waals surface area contributed by atoms with Gasteiger partial charge in [0.05, 0.1) is 5.41 Å². The number of hydrogen-bond donors (Lipinski definition) is 3. The van der Waals surface area contributed by atoms with Crippen LogP contribution in [0.2, 0.25) is 0 Å². The Labute approximate surface area is 212 Å². The van der Waals surface area contributed by atoms with Crippen LogP contribution in [-0.2, 0) is 23.9 Å². The lowest BCUT2D eigenvalue weighted by Gasteiger charge is -2.48. The number of aliphatic hydroxyl groups excluding tert-OH is 2. The molecule has 0 aromatic rings. The fraction of sp³-hybridized carbons (Fsp3) is 0.750. The van der Waals surface area contributed by atoms with Gasteiger partial charge in [-0.15, -0.1) is 0 Å². The Morgan fingerprint density at radius 2 is 1.69 bits per heavy atom. The van der Waals surface area contributed by atoms with E-state index in [4.69, 9.17) is 9.47 Å². The van der Waals surface area contributed by atoms with Gasteiger partial charge in [0.15, 0.2) is 5.78 Å². The van der Waals surface area contributed by atoms with Crippen molar-refractivity contribution < 1.29 is 39.2 Å². The number of ether oxygens (including phenoxy) is 2. The van der Waals surface area contributed by atoms with Crippen molar-refractivity contribution in [3.63, 3.8) is 0 Å². The number of hydrogen-bond acceptors (Lipinski definition) is 8. The first kappa shape index (κ1) is 27.0. The van der Waals surface area contributed by atoms with Crippen LogP contribution in [0.4, 0.5) is 0 Å². The molecule has 4 rings (SSSR count). The van der Waals surface area contributed by atoms with Crippen LogP contribution in [0, 0.1) is 28.6 Å².